The molecule has 2 aromatic rings. The van der Waals surface area contributed by atoms with E-state index in [0.717, 1.165) is 6.07 Å². The maximum Gasteiger partial charge on any atom is 0.420 e. The molecule has 0 radical (unpaired) electrons. The normalized spacial score (nSPS) is 15.7. The number of hydrogen-bond donors (Lipinski definition) is 0. The van der Waals surface area contributed by atoms with Gasteiger partial charge in [0.15, 0.2) is 0 Å². The molecule has 3 rings (SSSR count). The molecule has 1 aliphatic heterocycles. The maximum atomic E-state index is 13.4. The van der Waals surface area contributed by atoms with Crippen LogP contribution in [0.2, 0.25) is 0 Å². The first-order valence-corrected chi connectivity index (χ1v) is 8.28. The van der Waals surface area contributed by atoms with Crippen molar-refractivity contribution in [2.45, 2.75) is 11.1 Å². The van der Waals surface area contributed by atoms with Crippen molar-refractivity contribution in [3.63, 3.8) is 0 Å². The first-order chi connectivity index (χ1) is 11.8. The summed E-state index contributed by atoms with van der Waals surface area (Å²) < 4.78 is 60.3. The summed E-state index contributed by atoms with van der Waals surface area (Å²) in [6.07, 6.45) is -4.53. The summed E-state index contributed by atoms with van der Waals surface area (Å²) in [5.74, 6) is -0.607. The highest BCUT2D eigenvalue weighted by molar-refractivity contribution is 7.97. The minimum Gasteiger partial charge on any atom is -0.496 e. The molecular formula is C17H16F4N2OS. The molecule has 25 heavy (non-hydrogen) atoms. The lowest BCUT2D eigenvalue weighted by molar-refractivity contribution is -0.138. The van der Waals surface area contributed by atoms with Gasteiger partial charge in [-0.15, -0.1) is 0 Å². The van der Waals surface area contributed by atoms with Crippen LogP contribution in [0.15, 0.2) is 41.3 Å². The second-order valence-electron chi connectivity index (χ2n) is 5.59. The molecule has 2 aromatic carbocycles. The lowest BCUT2D eigenvalue weighted by Gasteiger charge is -2.26. The summed E-state index contributed by atoms with van der Waals surface area (Å²) in [5, 5.41) is 0. The highest BCUT2D eigenvalue weighted by Gasteiger charge is 2.36. The van der Waals surface area contributed by atoms with Crippen molar-refractivity contribution >= 4 is 23.3 Å². The Morgan fingerprint density at radius 3 is 2.36 bits per heavy atom. The quantitative estimate of drug-likeness (QED) is 0.548. The van der Waals surface area contributed by atoms with Crippen molar-refractivity contribution in [2.75, 3.05) is 32.1 Å². The molecule has 0 bridgehead atoms. The monoisotopic (exact) mass is 372 g/mol. The zero-order valence-electron chi connectivity index (χ0n) is 13.6. The van der Waals surface area contributed by atoms with Crippen LogP contribution in [0.1, 0.15) is 5.56 Å². The standard InChI is InChI=1S/C17H16F4N2OS/c1-22-7-8-23(12-5-3-11(18)4-6-12)14-9-13(17(19,20)21)15(24-2)10-16(14)25-22/h3-6,9-10H,7-8H2,1-2H3. The predicted molar refractivity (Wildman–Crippen MR) is 89.9 cm³/mol. The molecule has 0 saturated heterocycles. The van der Waals surface area contributed by atoms with Crippen molar-refractivity contribution in [3.8, 4) is 5.75 Å². The van der Waals surface area contributed by atoms with E-state index in [0.29, 0.717) is 29.4 Å². The minimum absolute atomic E-state index is 0.215. The molecule has 0 amide bonds. The zero-order valence-corrected chi connectivity index (χ0v) is 14.4. The van der Waals surface area contributed by atoms with Gasteiger partial charge in [-0.1, -0.05) is 0 Å². The number of likely N-dealkylation sites (N-methyl/N-ethyl adjacent to an activating group) is 1. The van der Waals surface area contributed by atoms with Gasteiger partial charge in [0, 0.05) is 18.8 Å². The van der Waals surface area contributed by atoms with E-state index in [2.05, 4.69) is 0 Å². The van der Waals surface area contributed by atoms with Crippen LogP contribution in [0.25, 0.3) is 0 Å². The molecule has 8 heteroatoms. The van der Waals surface area contributed by atoms with Crippen LogP contribution in [0.4, 0.5) is 28.9 Å². The highest BCUT2D eigenvalue weighted by Crippen LogP contribution is 2.46. The summed E-state index contributed by atoms with van der Waals surface area (Å²) >= 11 is 1.35. The molecule has 0 fully saturated rings. The lowest BCUT2D eigenvalue weighted by Crippen LogP contribution is -2.24. The van der Waals surface area contributed by atoms with Gasteiger partial charge in [0.2, 0.25) is 0 Å². The Kier molecular flexibility index (Phi) is 4.83. The Bertz CT molecular complexity index is 764. The fourth-order valence-electron chi connectivity index (χ4n) is 2.69. The van der Waals surface area contributed by atoms with Crippen LogP contribution in [0, 0.1) is 5.82 Å². The van der Waals surface area contributed by atoms with Crippen LogP contribution in [0.5, 0.6) is 5.75 Å². The Balaban J connectivity index is 2.17. The van der Waals surface area contributed by atoms with Crippen LogP contribution in [0.3, 0.4) is 0 Å². The molecule has 0 unspecified atom stereocenters. The lowest BCUT2D eigenvalue weighted by atomic mass is 10.1. The van der Waals surface area contributed by atoms with Crippen molar-refractivity contribution in [1.29, 1.82) is 0 Å². The number of nitrogens with zero attached hydrogens (tertiary/aromatic N) is 2. The number of ether oxygens (including phenoxy) is 1. The fourth-order valence-corrected chi connectivity index (χ4v) is 3.62. The van der Waals surface area contributed by atoms with Gasteiger partial charge < -0.3 is 9.64 Å². The first kappa shape index (κ1) is 17.9. The van der Waals surface area contributed by atoms with E-state index in [-0.39, 0.29) is 5.75 Å². The van der Waals surface area contributed by atoms with Crippen LogP contribution in [-0.4, -0.2) is 31.6 Å². The van der Waals surface area contributed by atoms with E-state index >= 15 is 0 Å². The van der Waals surface area contributed by atoms with Gasteiger partial charge in [0.05, 0.1) is 23.3 Å². The van der Waals surface area contributed by atoms with Gasteiger partial charge in [-0.25, -0.2) is 8.70 Å². The third-order valence-electron chi connectivity index (χ3n) is 3.91. The molecule has 0 saturated carbocycles. The summed E-state index contributed by atoms with van der Waals surface area (Å²) in [7, 11) is 3.09. The number of fused-ring (bicyclic) bond motifs is 1. The summed E-state index contributed by atoms with van der Waals surface area (Å²) in [6, 6.07) is 8.22. The van der Waals surface area contributed by atoms with Crippen molar-refractivity contribution < 1.29 is 22.3 Å². The van der Waals surface area contributed by atoms with E-state index in [1.807, 2.05) is 11.4 Å². The van der Waals surface area contributed by atoms with Gasteiger partial charge in [0.1, 0.15) is 11.6 Å². The van der Waals surface area contributed by atoms with Gasteiger partial charge in [-0.2, -0.15) is 13.2 Å². The maximum absolute atomic E-state index is 13.4. The Morgan fingerprint density at radius 2 is 1.76 bits per heavy atom. The molecule has 0 N–H and O–H groups in total. The van der Waals surface area contributed by atoms with Crippen LogP contribution < -0.4 is 9.64 Å². The highest BCUT2D eigenvalue weighted by atomic mass is 32.2. The molecule has 1 heterocycles. The number of benzene rings is 2. The largest absolute Gasteiger partial charge is 0.496 e. The fraction of sp³-hybridized carbons (Fsp3) is 0.294. The molecule has 1 aliphatic rings. The number of anilines is 2. The van der Waals surface area contributed by atoms with Crippen molar-refractivity contribution in [2.24, 2.45) is 0 Å². The molecule has 0 atom stereocenters. The molecule has 134 valence electrons. The second-order valence-corrected chi connectivity index (χ2v) is 6.83. The Hall–Kier alpha value is -1.93. The Morgan fingerprint density at radius 1 is 1.08 bits per heavy atom. The molecule has 0 aliphatic carbocycles. The van der Waals surface area contributed by atoms with E-state index < -0.39 is 17.6 Å². The van der Waals surface area contributed by atoms with E-state index in [9.17, 15) is 17.6 Å². The minimum atomic E-state index is -4.53. The van der Waals surface area contributed by atoms with Crippen molar-refractivity contribution in [3.05, 3.63) is 47.8 Å². The molecular weight excluding hydrogens is 356 g/mol. The number of methoxy groups -OCH3 is 1. The number of halogens is 4. The summed E-state index contributed by atoms with van der Waals surface area (Å²) in [6.45, 7) is 1.10. The average Bonchev–Trinajstić information content (AvgIpc) is 2.71. The average molecular weight is 372 g/mol. The smallest absolute Gasteiger partial charge is 0.420 e. The number of alkyl halides is 3. The molecule has 0 aromatic heterocycles. The third kappa shape index (κ3) is 3.69. The van der Waals surface area contributed by atoms with Gasteiger partial charge in [-0.3, -0.25) is 0 Å². The van der Waals surface area contributed by atoms with Gasteiger partial charge in [0.25, 0.3) is 0 Å². The van der Waals surface area contributed by atoms with E-state index in [1.54, 1.807) is 17.0 Å². The van der Waals surface area contributed by atoms with E-state index in [4.69, 9.17) is 4.74 Å². The van der Waals surface area contributed by atoms with Gasteiger partial charge in [-0.05, 0) is 55.4 Å². The van der Waals surface area contributed by atoms with Crippen LogP contribution >= 0.6 is 11.9 Å². The topological polar surface area (TPSA) is 15.7 Å². The van der Waals surface area contributed by atoms with Crippen LogP contribution in [-0.2, 0) is 6.18 Å². The summed E-state index contributed by atoms with van der Waals surface area (Å²) in [5.41, 5.74) is 0.233. The molecule has 0 spiro atoms. The third-order valence-corrected chi connectivity index (χ3v) is 4.93. The van der Waals surface area contributed by atoms with Gasteiger partial charge >= 0.3 is 6.18 Å². The zero-order chi connectivity index (χ0) is 18.2. The van der Waals surface area contributed by atoms with Crippen molar-refractivity contribution in [1.82, 2.24) is 4.31 Å². The summed E-state index contributed by atoms with van der Waals surface area (Å²) in [4.78, 5) is 2.41. The SMILES string of the molecule is COc1cc2c(cc1C(F)(F)F)N(c1ccc(F)cc1)CCN(C)S2. The number of hydrogen-bond acceptors (Lipinski definition) is 4. The second kappa shape index (κ2) is 6.76. The Labute approximate surface area is 147 Å². The molecule has 3 nitrogen and oxygen atoms in total. The number of rotatable bonds is 2. The predicted octanol–water partition coefficient (Wildman–Crippen LogP) is 4.94. The van der Waals surface area contributed by atoms with E-state index in [1.165, 1.54) is 37.3 Å². The first-order valence-electron chi connectivity index (χ1n) is 7.51.